The topological polar surface area (TPSA) is 62.5 Å². The molecule has 1 aromatic rings. The molecule has 1 N–H and O–H groups in total. The molecule has 0 saturated carbocycles. The summed E-state index contributed by atoms with van der Waals surface area (Å²) < 4.78 is 2.58. The summed E-state index contributed by atoms with van der Waals surface area (Å²) in [6, 6.07) is 1.75. The third-order valence-electron chi connectivity index (χ3n) is 3.41. The zero-order valence-electron chi connectivity index (χ0n) is 10.3. The fourth-order valence-corrected chi connectivity index (χ4v) is 2.88. The monoisotopic (exact) mass is 314 g/mol. The molecule has 1 aliphatic heterocycles. The highest BCUT2D eigenvalue weighted by molar-refractivity contribution is 9.10. The van der Waals surface area contributed by atoms with E-state index in [4.69, 9.17) is 5.11 Å². The Balaban J connectivity index is 2.17. The molecule has 2 atom stereocenters. The summed E-state index contributed by atoms with van der Waals surface area (Å²) in [5.41, 5.74) is 0.570. The minimum atomic E-state index is -0.828. The Labute approximate surface area is 114 Å². The van der Waals surface area contributed by atoms with E-state index in [0.29, 0.717) is 12.2 Å². The van der Waals surface area contributed by atoms with E-state index < -0.39 is 11.9 Å². The fourth-order valence-electron chi connectivity index (χ4n) is 2.35. The van der Waals surface area contributed by atoms with Crippen molar-refractivity contribution in [2.45, 2.75) is 6.92 Å². The number of carbonyl (C=O) groups is 2. The minimum Gasteiger partial charge on any atom is -0.481 e. The first kappa shape index (κ1) is 13.1. The third-order valence-corrected chi connectivity index (χ3v) is 3.84. The van der Waals surface area contributed by atoms with Crippen LogP contribution >= 0.6 is 15.9 Å². The summed E-state index contributed by atoms with van der Waals surface area (Å²) >= 11 is 3.32. The van der Waals surface area contributed by atoms with Crippen molar-refractivity contribution in [3.63, 3.8) is 0 Å². The molecule has 1 amide bonds. The van der Waals surface area contributed by atoms with Gasteiger partial charge < -0.3 is 14.6 Å². The predicted octanol–water partition coefficient (Wildman–Crippen LogP) is 1.58. The Morgan fingerprint density at radius 3 is 2.56 bits per heavy atom. The van der Waals surface area contributed by atoms with Crippen LogP contribution in [-0.2, 0) is 11.8 Å². The van der Waals surface area contributed by atoms with Crippen molar-refractivity contribution in [2.75, 3.05) is 13.1 Å². The van der Waals surface area contributed by atoms with E-state index >= 15 is 0 Å². The third kappa shape index (κ3) is 2.29. The Bertz CT molecular complexity index is 498. The largest absolute Gasteiger partial charge is 0.481 e. The van der Waals surface area contributed by atoms with Gasteiger partial charge in [-0.15, -0.1) is 0 Å². The van der Waals surface area contributed by atoms with Crippen molar-refractivity contribution in [1.82, 2.24) is 9.47 Å². The molecular weight excluding hydrogens is 300 g/mol. The molecule has 1 aliphatic rings. The first-order valence-corrected chi connectivity index (χ1v) is 6.53. The molecule has 0 aromatic carbocycles. The van der Waals surface area contributed by atoms with E-state index in [1.54, 1.807) is 28.8 Å². The van der Waals surface area contributed by atoms with Gasteiger partial charge in [-0.2, -0.15) is 0 Å². The highest BCUT2D eigenvalue weighted by Gasteiger charge is 2.37. The number of likely N-dealkylation sites (tertiary alicyclic amines) is 1. The zero-order chi connectivity index (χ0) is 13.4. The molecule has 0 unspecified atom stereocenters. The molecule has 0 spiro atoms. The predicted molar refractivity (Wildman–Crippen MR) is 69.3 cm³/mol. The highest BCUT2D eigenvalue weighted by Crippen LogP contribution is 2.25. The molecule has 5 nitrogen and oxygen atoms in total. The first-order valence-electron chi connectivity index (χ1n) is 5.74. The molecule has 2 rings (SSSR count). The molecular formula is C12H15BrN2O3. The van der Waals surface area contributed by atoms with Crippen molar-refractivity contribution in [1.29, 1.82) is 0 Å². The number of carboxylic acids is 1. The normalized spacial score (nSPS) is 23.4. The van der Waals surface area contributed by atoms with Crippen molar-refractivity contribution in [3.05, 3.63) is 22.4 Å². The lowest BCUT2D eigenvalue weighted by Crippen LogP contribution is -2.31. The van der Waals surface area contributed by atoms with E-state index in [0.717, 1.165) is 4.47 Å². The summed E-state index contributed by atoms with van der Waals surface area (Å²) in [6.45, 7) is 2.66. The summed E-state index contributed by atoms with van der Waals surface area (Å²) in [5, 5.41) is 9.06. The number of aromatic nitrogens is 1. The van der Waals surface area contributed by atoms with E-state index in [-0.39, 0.29) is 18.4 Å². The summed E-state index contributed by atoms with van der Waals surface area (Å²) in [7, 11) is 1.80. The van der Waals surface area contributed by atoms with Crippen LogP contribution in [0.4, 0.5) is 0 Å². The second-order valence-electron chi connectivity index (χ2n) is 4.79. The molecule has 1 aromatic heterocycles. The average Bonchev–Trinajstić information content (AvgIpc) is 2.81. The van der Waals surface area contributed by atoms with Gasteiger partial charge in [0.25, 0.3) is 5.91 Å². The van der Waals surface area contributed by atoms with Crippen molar-refractivity contribution in [2.24, 2.45) is 18.9 Å². The smallest absolute Gasteiger partial charge is 0.308 e. The lowest BCUT2D eigenvalue weighted by atomic mass is 9.99. The molecule has 0 bridgehead atoms. The van der Waals surface area contributed by atoms with Crippen LogP contribution in [0.25, 0.3) is 0 Å². The van der Waals surface area contributed by atoms with Gasteiger partial charge in [0.1, 0.15) is 5.69 Å². The van der Waals surface area contributed by atoms with Gasteiger partial charge in [0.05, 0.1) is 5.92 Å². The van der Waals surface area contributed by atoms with E-state index in [1.165, 1.54) is 0 Å². The fraction of sp³-hybridized carbons (Fsp3) is 0.500. The Kier molecular flexibility index (Phi) is 3.47. The maximum atomic E-state index is 12.3. The maximum absolute atomic E-state index is 12.3. The Morgan fingerprint density at radius 1 is 1.44 bits per heavy atom. The van der Waals surface area contributed by atoms with Crippen LogP contribution < -0.4 is 0 Å². The van der Waals surface area contributed by atoms with Gasteiger partial charge in [-0.05, 0) is 27.9 Å². The standard InChI is InChI=1S/C12H15BrN2O3/c1-7-4-15(6-9(7)12(17)18)11(16)10-3-8(13)5-14(10)2/h3,5,7,9H,4,6H2,1-2H3,(H,17,18)/t7-,9-/m1/s1. The molecule has 18 heavy (non-hydrogen) atoms. The zero-order valence-corrected chi connectivity index (χ0v) is 11.8. The maximum Gasteiger partial charge on any atom is 0.308 e. The van der Waals surface area contributed by atoms with Gasteiger partial charge in [0.2, 0.25) is 0 Å². The number of rotatable bonds is 2. The minimum absolute atomic E-state index is 0.00448. The second-order valence-corrected chi connectivity index (χ2v) is 5.70. The molecule has 98 valence electrons. The molecule has 2 heterocycles. The lowest BCUT2D eigenvalue weighted by molar-refractivity contribution is -0.142. The second kappa shape index (κ2) is 4.76. The number of amides is 1. The van der Waals surface area contributed by atoms with Crippen LogP contribution in [0, 0.1) is 11.8 Å². The summed E-state index contributed by atoms with van der Waals surface area (Å²) in [4.78, 5) is 24.9. The van der Waals surface area contributed by atoms with E-state index in [9.17, 15) is 9.59 Å². The number of carbonyl (C=O) groups excluding carboxylic acids is 1. The number of aryl methyl sites for hydroxylation is 1. The highest BCUT2D eigenvalue weighted by atomic mass is 79.9. The van der Waals surface area contributed by atoms with Crippen LogP contribution in [-0.4, -0.2) is 39.5 Å². The number of halogens is 1. The number of aliphatic carboxylic acids is 1. The van der Waals surface area contributed by atoms with Gasteiger partial charge in [-0.25, -0.2) is 0 Å². The number of hydrogen-bond donors (Lipinski definition) is 1. The Morgan fingerprint density at radius 2 is 2.11 bits per heavy atom. The average molecular weight is 315 g/mol. The number of carboxylic acid groups (broad SMARTS) is 1. The van der Waals surface area contributed by atoms with E-state index in [2.05, 4.69) is 15.9 Å². The van der Waals surface area contributed by atoms with Crippen LogP contribution in [0.1, 0.15) is 17.4 Å². The van der Waals surface area contributed by atoms with Crippen LogP contribution in [0.3, 0.4) is 0 Å². The van der Waals surface area contributed by atoms with Crippen molar-refractivity contribution >= 4 is 27.8 Å². The lowest BCUT2D eigenvalue weighted by Gasteiger charge is -2.16. The van der Waals surface area contributed by atoms with Crippen LogP contribution in [0.2, 0.25) is 0 Å². The molecule has 1 saturated heterocycles. The molecule has 0 radical (unpaired) electrons. The van der Waals surface area contributed by atoms with Gasteiger partial charge in [0, 0.05) is 30.8 Å². The molecule has 1 fully saturated rings. The number of hydrogen-bond acceptors (Lipinski definition) is 2. The van der Waals surface area contributed by atoms with Gasteiger partial charge in [-0.1, -0.05) is 6.92 Å². The first-order chi connectivity index (χ1) is 8.40. The summed E-state index contributed by atoms with van der Waals surface area (Å²) in [5.74, 6) is -1.41. The number of nitrogens with zero attached hydrogens (tertiary/aromatic N) is 2. The molecule has 0 aliphatic carbocycles. The van der Waals surface area contributed by atoms with E-state index in [1.807, 2.05) is 6.92 Å². The van der Waals surface area contributed by atoms with Gasteiger partial charge in [-0.3, -0.25) is 9.59 Å². The SMILES string of the molecule is C[C@@H]1CN(C(=O)c2cc(Br)cn2C)C[C@H]1C(=O)O. The van der Waals surface area contributed by atoms with Crippen LogP contribution in [0.5, 0.6) is 0 Å². The quantitative estimate of drug-likeness (QED) is 0.901. The van der Waals surface area contributed by atoms with Crippen molar-refractivity contribution in [3.8, 4) is 0 Å². The molecule has 6 heteroatoms. The van der Waals surface area contributed by atoms with Gasteiger partial charge >= 0.3 is 5.97 Å². The summed E-state index contributed by atoms with van der Waals surface area (Å²) in [6.07, 6.45) is 1.81. The Hall–Kier alpha value is -1.30. The van der Waals surface area contributed by atoms with Crippen molar-refractivity contribution < 1.29 is 14.7 Å². The van der Waals surface area contributed by atoms with Gasteiger partial charge in [0.15, 0.2) is 0 Å². The van der Waals surface area contributed by atoms with Crippen LogP contribution in [0.15, 0.2) is 16.7 Å².